The summed E-state index contributed by atoms with van der Waals surface area (Å²) in [5.41, 5.74) is 4.66. The van der Waals surface area contributed by atoms with Gasteiger partial charge < -0.3 is 9.64 Å². The number of aryl methyl sites for hydroxylation is 1. The highest BCUT2D eigenvalue weighted by Gasteiger charge is 2.25. The zero-order chi connectivity index (χ0) is 20.9. The molecule has 1 aromatic carbocycles. The number of likely N-dealkylation sites (tertiary alicyclic amines) is 1. The number of rotatable bonds is 1. The third kappa shape index (κ3) is 5.96. The lowest BCUT2D eigenvalue weighted by Gasteiger charge is -2.31. The minimum absolute atomic E-state index is 0.243. The van der Waals surface area contributed by atoms with E-state index in [-0.39, 0.29) is 6.09 Å². The first-order valence-electron chi connectivity index (χ1n) is 10.0. The summed E-state index contributed by atoms with van der Waals surface area (Å²) >= 11 is 0. The quantitative estimate of drug-likeness (QED) is 0.629. The molecule has 0 saturated carbocycles. The van der Waals surface area contributed by atoms with Gasteiger partial charge >= 0.3 is 6.09 Å². The number of carbonyl (C=O) groups excluding carboxylic acids is 1. The van der Waals surface area contributed by atoms with Gasteiger partial charge in [-0.3, -0.25) is 0 Å². The fourth-order valence-electron chi connectivity index (χ4n) is 3.24. The van der Waals surface area contributed by atoms with Crippen molar-refractivity contribution in [2.75, 3.05) is 13.1 Å². The summed E-state index contributed by atoms with van der Waals surface area (Å²) in [5.74, 6) is 6.59. The molecule has 2 heterocycles. The molecule has 1 aromatic heterocycles. The van der Waals surface area contributed by atoms with Gasteiger partial charge in [-0.1, -0.05) is 47.9 Å². The van der Waals surface area contributed by atoms with Crippen molar-refractivity contribution in [3.8, 4) is 11.8 Å². The molecule has 1 aliphatic heterocycles. The van der Waals surface area contributed by atoms with Crippen LogP contribution in [0.25, 0.3) is 5.57 Å². The molecule has 0 atom stereocenters. The number of aromatic nitrogens is 1. The number of hydrogen-bond donors (Lipinski definition) is 0. The summed E-state index contributed by atoms with van der Waals surface area (Å²) < 4.78 is 5.51. The number of pyridine rings is 1. The molecule has 0 unspecified atom stereocenters. The molecular weight excluding hydrogens is 360 g/mol. The standard InChI is InChI=1S/C25H28N2O2/c1-19-9-8-12-22(26-19)13-14-23(20-10-6-5-7-11-20)21-15-17-27(18-16-21)24(28)29-25(2,3)4/h5-12H,15-18H2,1-4H3. The van der Waals surface area contributed by atoms with E-state index in [1.807, 2.05) is 64.1 Å². The van der Waals surface area contributed by atoms with E-state index in [0.717, 1.165) is 35.4 Å². The van der Waals surface area contributed by atoms with Crippen LogP contribution in [0.5, 0.6) is 0 Å². The van der Waals surface area contributed by atoms with Crippen LogP contribution < -0.4 is 0 Å². The first-order chi connectivity index (χ1) is 13.8. The molecule has 0 radical (unpaired) electrons. The van der Waals surface area contributed by atoms with E-state index in [9.17, 15) is 4.79 Å². The highest BCUT2D eigenvalue weighted by Crippen LogP contribution is 2.27. The molecule has 3 rings (SSSR count). The molecular formula is C25H28N2O2. The van der Waals surface area contributed by atoms with Gasteiger partial charge in [0.05, 0.1) is 0 Å². The summed E-state index contributed by atoms with van der Waals surface area (Å²) in [4.78, 5) is 18.6. The lowest BCUT2D eigenvalue weighted by Crippen LogP contribution is -2.40. The van der Waals surface area contributed by atoms with Gasteiger partial charge in [0.25, 0.3) is 0 Å². The second-order valence-corrected chi connectivity index (χ2v) is 8.23. The molecule has 4 nitrogen and oxygen atoms in total. The topological polar surface area (TPSA) is 42.4 Å². The number of hydrogen-bond acceptors (Lipinski definition) is 3. The van der Waals surface area contributed by atoms with Crippen LogP contribution in [0.3, 0.4) is 0 Å². The van der Waals surface area contributed by atoms with E-state index >= 15 is 0 Å². The number of benzene rings is 1. The average Bonchev–Trinajstić information content (AvgIpc) is 2.68. The predicted octanol–water partition coefficient (Wildman–Crippen LogP) is 5.23. The Bertz CT molecular complexity index is 950. The van der Waals surface area contributed by atoms with Crippen molar-refractivity contribution >= 4 is 11.7 Å². The van der Waals surface area contributed by atoms with E-state index in [1.165, 1.54) is 5.57 Å². The van der Waals surface area contributed by atoms with Crippen molar-refractivity contribution in [1.82, 2.24) is 9.88 Å². The van der Waals surface area contributed by atoms with Crippen molar-refractivity contribution < 1.29 is 9.53 Å². The van der Waals surface area contributed by atoms with Gasteiger partial charge in [-0.15, -0.1) is 0 Å². The average molecular weight is 389 g/mol. The van der Waals surface area contributed by atoms with Gasteiger partial charge in [-0.2, -0.15) is 0 Å². The summed E-state index contributed by atoms with van der Waals surface area (Å²) in [7, 11) is 0. The van der Waals surface area contributed by atoms with Crippen molar-refractivity contribution in [1.29, 1.82) is 0 Å². The number of allylic oxidation sites excluding steroid dienone is 1. The van der Waals surface area contributed by atoms with Crippen molar-refractivity contribution in [2.45, 2.75) is 46.1 Å². The number of amides is 1. The maximum absolute atomic E-state index is 12.4. The Morgan fingerprint density at radius 1 is 1.03 bits per heavy atom. The van der Waals surface area contributed by atoms with Gasteiger partial charge in [-0.05, 0) is 64.2 Å². The van der Waals surface area contributed by atoms with Crippen LogP contribution in [0.15, 0.2) is 54.1 Å². The monoisotopic (exact) mass is 388 g/mol. The highest BCUT2D eigenvalue weighted by molar-refractivity contribution is 5.82. The molecule has 1 saturated heterocycles. The van der Waals surface area contributed by atoms with Crippen LogP contribution in [-0.2, 0) is 4.74 Å². The summed E-state index contributed by atoms with van der Waals surface area (Å²) in [6.45, 7) is 8.93. The zero-order valence-electron chi connectivity index (χ0n) is 17.7. The lowest BCUT2D eigenvalue weighted by atomic mass is 9.93. The summed E-state index contributed by atoms with van der Waals surface area (Å²) in [6.07, 6.45) is 1.34. The molecule has 0 aliphatic carbocycles. The second-order valence-electron chi connectivity index (χ2n) is 8.23. The normalized spacial score (nSPS) is 14.1. The van der Waals surface area contributed by atoms with Gasteiger partial charge in [0.2, 0.25) is 0 Å². The Morgan fingerprint density at radius 2 is 1.72 bits per heavy atom. The minimum atomic E-state index is -0.477. The molecule has 29 heavy (non-hydrogen) atoms. The fraction of sp³-hybridized carbons (Fsp3) is 0.360. The van der Waals surface area contributed by atoms with E-state index in [0.29, 0.717) is 13.1 Å². The smallest absolute Gasteiger partial charge is 0.410 e. The van der Waals surface area contributed by atoms with Crippen LogP contribution >= 0.6 is 0 Å². The van der Waals surface area contributed by atoms with Gasteiger partial charge in [0, 0.05) is 24.4 Å². The number of piperidine rings is 1. The van der Waals surface area contributed by atoms with Crippen LogP contribution in [-0.4, -0.2) is 34.7 Å². The first kappa shape index (κ1) is 20.7. The van der Waals surface area contributed by atoms with Crippen molar-refractivity contribution in [2.24, 2.45) is 0 Å². The van der Waals surface area contributed by atoms with Crippen LogP contribution in [0, 0.1) is 18.8 Å². The number of ether oxygens (including phenoxy) is 1. The molecule has 150 valence electrons. The highest BCUT2D eigenvalue weighted by atomic mass is 16.6. The maximum atomic E-state index is 12.4. The number of carbonyl (C=O) groups is 1. The van der Waals surface area contributed by atoms with Crippen LogP contribution in [0.1, 0.15) is 50.6 Å². The first-order valence-corrected chi connectivity index (χ1v) is 10.0. The summed E-state index contributed by atoms with van der Waals surface area (Å²) in [5, 5.41) is 0. The second kappa shape index (κ2) is 8.96. The maximum Gasteiger partial charge on any atom is 0.410 e. The predicted molar refractivity (Wildman–Crippen MR) is 116 cm³/mol. The third-order valence-corrected chi connectivity index (χ3v) is 4.64. The summed E-state index contributed by atoms with van der Waals surface area (Å²) in [6, 6.07) is 16.1. The SMILES string of the molecule is Cc1cccc(C#CC(=C2CCN(C(=O)OC(C)(C)C)CC2)c2ccccc2)n1. The van der Waals surface area contributed by atoms with Crippen LogP contribution in [0.2, 0.25) is 0 Å². The van der Waals surface area contributed by atoms with Crippen molar-refractivity contribution in [3.05, 3.63) is 71.1 Å². The Morgan fingerprint density at radius 3 is 2.34 bits per heavy atom. The molecule has 1 aliphatic rings. The largest absolute Gasteiger partial charge is 0.444 e. The van der Waals surface area contributed by atoms with Crippen molar-refractivity contribution in [3.63, 3.8) is 0 Å². The lowest BCUT2D eigenvalue weighted by molar-refractivity contribution is 0.0236. The zero-order valence-corrected chi connectivity index (χ0v) is 17.7. The third-order valence-electron chi connectivity index (χ3n) is 4.64. The van der Waals surface area contributed by atoms with E-state index in [2.05, 4.69) is 29.0 Å². The fourth-order valence-corrected chi connectivity index (χ4v) is 3.24. The Labute approximate surface area is 173 Å². The molecule has 0 spiro atoms. The molecule has 1 amide bonds. The number of nitrogens with zero attached hydrogens (tertiary/aromatic N) is 2. The van der Waals surface area contributed by atoms with Gasteiger partial charge in [0.1, 0.15) is 11.3 Å². The van der Waals surface area contributed by atoms with Gasteiger partial charge in [-0.25, -0.2) is 9.78 Å². The Balaban J connectivity index is 1.84. The molecule has 0 N–H and O–H groups in total. The Kier molecular flexibility index (Phi) is 6.39. The minimum Gasteiger partial charge on any atom is -0.444 e. The van der Waals surface area contributed by atoms with E-state index < -0.39 is 5.60 Å². The molecule has 0 bridgehead atoms. The van der Waals surface area contributed by atoms with E-state index in [1.54, 1.807) is 4.90 Å². The van der Waals surface area contributed by atoms with Gasteiger partial charge in [0.15, 0.2) is 0 Å². The molecule has 4 heteroatoms. The van der Waals surface area contributed by atoms with E-state index in [4.69, 9.17) is 4.74 Å². The molecule has 2 aromatic rings. The Hall–Kier alpha value is -3.06. The van der Waals surface area contributed by atoms with Crippen LogP contribution in [0.4, 0.5) is 4.79 Å². The molecule has 1 fully saturated rings.